The Morgan fingerprint density at radius 3 is 2.19 bits per heavy atom. The Balaban J connectivity index is 1.23. The third-order valence-corrected chi connectivity index (χ3v) is 7.40. The van der Waals surface area contributed by atoms with Crippen molar-refractivity contribution < 1.29 is 20.1 Å². The lowest BCUT2D eigenvalue weighted by atomic mass is 9.79. The van der Waals surface area contributed by atoms with E-state index >= 15 is 0 Å². The van der Waals surface area contributed by atoms with Crippen molar-refractivity contribution in [1.82, 2.24) is 0 Å². The fraction of sp³-hybridized carbons (Fsp3) is 0.556. The van der Waals surface area contributed by atoms with E-state index in [0.29, 0.717) is 12.1 Å². The van der Waals surface area contributed by atoms with Gasteiger partial charge in [0.2, 0.25) is 0 Å². The molecule has 1 saturated heterocycles. The van der Waals surface area contributed by atoms with Gasteiger partial charge in [-0.1, -0.05) is 48.9 Å². The Kier molecular flexibility index (Phi) is 8.01. The fourth-order valence-electron chi connectivity index (χ4n) is 5.63. The Bertz CT molecular complexity index is 766. The smallest absolute Gasteiger partial charge is 0.147 e. The summed E-state index contributed by atoms with van der Waals surface area (Å²) in [6.07, 6.45) is 10.6. The Labute approximate surface area is 187 Å². The topological polar surface area (TPSA) is 50.5 Å². The first-order valence-electron chi connectivity index (χ1n) is 12.4. The first-order valence-corrected chi connectivity index (χ1v) is 12.4. The summed E-state index contributed by atoms with van der Waals surface area (Å²) >= 11 is 0. The van der Waals surface area contributed by atoms with Crippen LogP contribution in [0.3, 0.4) is 0 Å². The molecule has 0 amide bonds. The number of benzene rings is 2. The molecule has 1 heterocycles. The van der Waals surface area contributed by atoms with E-state index in [4.69, 9.17) is 4.74 Å². The lowest BCUT2D eigenvalue weighted by Gasteiger charge is -2.43. The Morgan fingerprint density at radius 2 is 1.48 bits per heavy atom. The van der Waals surface area contributed by atoms with Crippen LogP contribution in [0.5, 0.6) is 5.75 Å². The molecule has 2 fully saturated rings. The van der Waals surface area contributed by atoms with E-state index in [1.54, 1.807) is 0 Å². The van der Waals surface area contributed by atoms with Gasteiger partial charge in [0.05, 0.1) is 13.1 Å². The molecule has 4 N–H and O–H groups in total. The molecule has 1 aliphatic carbocycles. The van der Waals surface area contributed by atoms with Crippen molar-refractivity contribution in [3.8, 4) is 16.9 Å². The number of aliphatic hydroxyl groups is 1. The Hall–Kier alpha value is -1.88. The zero-order valence-electron chi connectivity index (χ0n) is 18.9. The van der Waals surface area contributed by atoms with Gasteiger partial charge in [0, 0.05) is 12.8 Å². The number of ether oxygens (including phenoxy) is 1. The third kappa shape index (κ3) is 6.09. The average Bonchev–Trinajstić information content (AvgIpc) is 2.85. The van der Waals surface area contributed by atoms with Gasteiger partial charge < -0.3 is 20.1 Å². The minimum atomic E-state index is -0.439. The van der Waals surface area contributed by atoms with E-state index in [1.807, 2.05) is 23.1 Å². The monoisotopic (exact) mass is 424 g/mol. The molecule has 0 spiro atoms. The van der Waals surface area contributed by atoms with Gasteiger partial charge in [-0.15, -0.1) is 0 Å². The normalized spacial score (nSPS) is 20.3. The molecule has 2 aromatic rings. The number of likely N-dealkylation sites (tertiary alicyclic amines) is 1. The average molecular weight is 425 g/mol. The van der Waals surface area contributed by atoms with Gasteiger partial charge in [0.25, 0.3) is 0 Å². The molecule has 0 bridgehead atoms. The van der Waals surface area contributed by atoms with Crippen molar-refractivity contribution in [3.63, 3.8) is 0 Å². The van der Waals surface area contributed by atoms with Crippen LogP contribution in [0.15, 0.2) is 54.6 Å². The maximum absolute atomic E-state index is 10.5. The van der Waals surface area contributed by atoms with E-state index in [0.717, 1.165) is 18.8 Å². The molecule has 2 aliphatic rings. The van der Waals surface area contributed by atoms with Crippen LogP contribution in [0, 0.1) is 0 Å². The highest BCUT2D eigenvalue weighted by molar-refractivity contribution is 5.63. The lowest BCUT2D eigenvalue weighted by molar-refractivity contribution is -0.972. The molecule has 0 unspecified atom stereocenters. The molecule has 0 radical (unpaired) electrons. The largest absolute Gasteiger partial charge is 0.491 e. The molecule has 0 aromatic heterocycles. The standard InChI is InChI=1S/C27H38N2O2/c30-25(21-31-26-14-12-24(13-15-26)23-10-4-1-5-11-23)20-28-22-27(16-6-2-7-17-27)29-18-8-3-9-19-29/h1,4-5,10-15,25,28,30H,2-3,6-9,16-22H2/p+2/t25-/m1/s1. The molecule has 2 aromatic carbocycles. The van der Waals surface area contributed by atoms with Gasteiger partial charge in [-0.25, -0.2) is 0 Å². The van der Waals surface area contributed by atoms with Crippen LogP contribution in [0.2, 0.25) is 0 Å². The molecule has 1 atom stereocenters. The predicted molar refractivity (Wildman–Crippen MR) is 125 cm³/mol. The lowest BCUT2D eigenvalue weighted by Crippen LogP contribution is -3.24. The quantitative estimate of drug-likeness (QED) is 0.579. The number of aliphatic hydroxyl groups excluding tert-OH is 1. The highest BCUT2D eigenvalue weighted by atomic mass is 16.5. The van der Waals surface area contributed by atoms with E-state index in [1.165, 1.54) is 75.6 Å². The number of nitrogens with one attached hydrogen (secondary N) is 1. The molecule has 1 aliphatic heterocycles. The summed E-state index contributed by atoms with van der Waals surface area (Å²) in [7, 11) is 0. The second kappa shape index (κ2) is 11.1. The van der Waals surface area contributed by atoms with Crippen LogP contribution >= 0.6 is 0 Å². The summed E-state index contributed by atoms with van der Waals surface area (Å²) in [5.41, 5.74) is 2.82. The summed E-state index contributed by atoms with van der Waals surface area (Å²) in [5.74, 6) is 0.820. The van der Waals surface area contributed by atoms with E-state index in [9.17, 15) is 5.11 Å². The van der Waals surface area contributed by atoms with Crippen molar-refractivity contribution in [2.45, 2.75) is 63.0 Å². The van der Waals surface area contributed by atoms with E-state index in [2.05, 4.69) is 41.7 Å². The summed E-state index contributed by atoms with van der Waals surface area (Å²) in [6, 6.07) is 18.5. The minimum Gasteiger partial charge on any atom is -0.491 e. The van der Waals surface area contributed by atoms with Crippen LogP contribution in [-0.2, 0) is 0 Å². The van der Waals surface area contributed by atoms with Crippen LogP contribution < -0.4 is 15.0 Å². The Morgan fingerprint density at radius 1 is 0.839 bits per heavy atom. The van der Waals surface area contributed by atoms with Crippen molar-refractivity contribution in [2.75, 3.05) is 32.8 Å². The molecule has 4 nitrogen and oxygen atoms in total. The highest BCUT2D eigenvalue weighted by Gasteiger charge is 2.43. The number of nitrogens with two attached hydrogens (primary N) is 1. The molecule has 168 valence electrons. The number of quaternary nitrogens is 2. The van der Waals surface area contributed by atoms with Gasteiger partial charge >= 0.3 is 0 Å². The van der Waals surface area contributed by atoms with E-state index < -0.39 is 6.10 Å². The van der Waals surface area contributed by atoms with Gasteiger partial charge in [-0.05, 0) is 55.4 Å². The fourth-order valence-corrected chi connectivity index (χ4v) is 5.63. The highest BCUT2D eigenvalue weighted by Crippen LogP contribution is 2.25. The SMILES string of the molecule is O[C@H](C[NH2+]CC1([NH+]2CCCCC2)CCCCC1)COc1ccc(-c2ccccc2)cc1. The van der Waals surface area contributed by atoms with Gasteiger partial charge in [-0.3, -0.25) is 0 Å². The van der Waals surface area contributed by atoms with Crippen molar-refractivity contribution in [3.05, 3.63) is 54.6 Å². The second-order valence-corrected chi connectivity index (χ2v) is 9.59. The van der Waals surface area contributed by atoms with Gasteiger partial charge in [0.15, 0.2) is 0 Å². The second-order valence-electron chi connectivity index (χ2n) is 9.59. The van der Waals surface area contributed by atoms with Crippen molar-refractivity contribution in [1.29, 1.82) is 0 Å². The molecular formula is C27H40N2O2+2. The minimum absolute atomic E-state index is 0.352. The number of rotatable bonds is 9. The molecule has 4 rings (SSSR count). The van der Waals surface area contributed by atoms with Crippen LogP contribution in [0.1, 0.15) is 51.4 Å². The summed E-state index contributed by atoms with van der Waals surface area (Å²) in [4.78, 5) is 1.85. The zero-order chi connectivity index (χ0) is 21.4. The maximum Gasteiger partial charge on any atom is 0.147 e. The molecule has 4 heteroatoms. The molecule has 31 heavy (non-hydrogen) atoms. The zero-order valence-corrected chi connectivity index (χ0v) is 18.9. The van der Waals surface area contributed by atoms with Crippen LogP contribution in [0.4, 0.5) is 0 Å². The summed E-state index contributed by atoms with van der Waals surface area (Å²) < 4.78 is 5.87. The first-order chi connectivity index (χ1) is 15.3. The predicted octanol–water partition coefficient (Wildman–Crippen LogP) is 2.43. The van der Waals surface area contributed by atoms with E-state index in [-0.39, 0.29) is 0 Å². The first kappa shape index (κ1) is 22.3. The van der Waals surface area contributed by atoms with Gasteiger partial charge in [0.1, 0.15) is 37.1 Å². The number of hydrogen-bond donors (Lipinski definition) is 3. The number of piperidine rings is 1. The maximum atomic E-state index is 10.5. The molecular weight excluding hydrogens is 384 g/mol. The number of hydrogen-bond acceptors (Lipinski definition) is 2. The molecule has 1 saturated carbocycles. The summed E-state index contributed by atoms with van der Waals surface area (Å²) in [5, 5.41) is 12.9. The van der Waals surface area contributed by atoms with Crippen LogP contribution in [-0.4, -0.2) is 49.5 Å². The van der Waals surface area contributed by atoms with Crippen molar-refractivity contribution >= 4 is 0 Å². The van der Waals surface area contributed by atoms with Crippen LogP contribution in [0.25, 0.3) is 11.1 Å². The third-order valence-electron chi connectivity index (χ3n) is 7.40. The van der Waals surface area contributed by atoms with Crippen molar-refractivity contribution in [2.24, 2.45) is 0 Å². The van der Waals surface area contributed by atoms with Gasteiger partial charge in [-0.2, -0.15) is 0 Å². The summed E-state index contributed by atoms with van der Waals surface area (Å²) in [6.45, 7) is 4.91.